The number of nitrogens with zero attached hydrogens (tertiary/aromatic N) is 5. The number of hydrogen-bond donors (Lipinski definition) is 0. The first-order chi connectivity index (χ1) is 11.0. The molecule has 1 aliphatic rings. The highest BCUT2D eigenvalue weighted by Crippen LogP contribution is 2.22. The Hall–Kier alpha value is -1.16. The van der Waals surface area contributed by atoms with Crippen LogP contribution in [0.3, 0.4) is 0 Å². The molecule has 0 saturated carbocycles. The zero-order chi connectivity index (χ0) is 16.8. The molecule has 1 fully saturated rings. The molecule has 0 spiro atoms. The van der Waals surface area contributed by atoms with E-state index >= 15 is 0 Å². The Kier molecular flexibility index (Phi) is 6.82. The molecule has 1 aromatic rings. The Balaban J connectivity index is 1.76. The lowest BCUT2D eigenvalue weighted by molar-refractivity contribution is 0.109. The minimum Gasteiger partial charge on any atom is -0.301 e. The van der Waals surface area contributed by atoms with Gasteiger partial charge in [-0.3, -0.25) is 4.90 Å². The Bertz CT molecular complexity index is 559. The molecule has 0 amide bonds. The molecule has 2 heterocycles. The predicted molar refractivity (Wildman–Crippen MR) is 94.7 cm³/mol. The van der Waals surface area contributed by atoms with E-state index in [1.54, 1.807) is 11.8 Å². The van der Waals surface area contributed by atoms with E-state index in [1.165, 1.54) is 13.1 Å². The van der Waals surface area contributed by atoms with Crippen LogP contribution in [0.5, 0.6) is 0 Å². The van der Waals surface area contributed by atoms with Crippen molar-refractivity contribution in [2.75, 3.05) is 38.5 Å². The van der Waals surface area contributed by atoms with Gasteiger partial charge < -0.3 is 4.90 Å². The molecule has 6 heteroatoms. The summed E-state index contributed by atoms with van der Waals surface area (Å²) in [5, 5.41) is 10.1. The van der Waals surface area contributed by atoms with E-state index in [1.807, 2.05) is 13.8 Å². The van der Waals surface area contributed by atoms with Gasteiger partial charge in [0.1, 0.15) is 22.5 Å². The highest BCUT2D eigenvalue weighted by molar-refractivity contribution is 7.99. The van der Waals surface area contributed by atoms with Crippen molar-refractivity contribution in [1.29, 1.82) is 5.26 Å². The van der Waals surface area contributed by atoms with Crippen LogP contribution in [0.2, 0.25) is 0 Å². The highest BCUT2D eigenvalue weighted by atomic mass is 32.2. The minimum absolute atomic E-state index is 0.631. The summed E-state index contributed by atoms with van der Waals surface area (Å²) in [6.45, 7) is 14.1. The number of thioether (sulfide) groups is 1. The maximum atomic E-state index is 9.26. The molecule has 5 nitrogen and oxygen atoms in total. The van der Waals surface area contributed by atoms with Crippen molar-refractivity contribution >= 4 is 11.8 Å². The van der Waals surface area contributed by atoms with Gasteiger partial charge in [-0.25, -0.2) is 9.97 Å². The Labute approximate surface area is 144 Å². The summed E-state index contributed by atoms with van der Waals surface area (Å²) in [6.07, 6.45) is 1.12. The third-order valence-electron chi connectivity index (χ3n) is 4.27. The molecule has 0 bridgehead atoms. The maximum absolute atomic E-state index is 9.26. The van der Waals surface area contributed by atoms with Crippen LogP contribution < -0.4 is 0 Å². The minimum atomic E-state index is 0.631. The third kappa shape index (κ3) is 5.17. The molecule has 1 aromatic heterocycles. The first-order valence-corrected chi connectivity index (χ1v) is 9.34. The van der Waals surface area contributed by atoms with Gasteiger partial charge in [0.15, 0.2) is 0 Å². The fourth-order valence-corrected chi connectivity index (χ4v) is 3.88. The average molecular weight is 334 g/mol. The van der Waals surface area contributed by atoms with Gasteiger partial charge >= 0.3 is 0 Å². The van der Waals surface area contributed by atoms with Crippen molar-refractivity contribution in [3.8, 4) is 6.07 Å². The lowest BCUT2D eigenvalue weighted by atomic mass is 10.2. The van der Waals surface area contributed by atoms with E-state index in [2.05, 4.69) is 39.7 Å². The van der Waals surface area contributed by atoms with Gasteiger partial charge in [0, 0.05) is 38.0 Å². The summed E-state index contributed by atoms with van der Waals surface area (Å²) in [7, 11) is 0. The molecule has 0 aliphatic carbocycles. The normalized spacial score (nSPS) is 16.7. The van der Waals surface area contributed by atoms with Crippen LogP contribution in [0.1, 0.15) is 37.4 Å². The summed E-state index contributed by atoms with van der Waals surface area (Å²) < 4.78 is 0. The number of aryl methyl sites for hydroxylation is 2. The summed E-state index contributed by atoms with van der Waals surface area (Å²) >= 11 is 1.68. The standard InChI is InChI=1S/C17H27N5S/c1-13(2)22-9-7-21(8-10-22)6-5-11-23-17-16(12-18)14(3)19-15(4)20-17/h13H,5-11H2,1-4H3. The average Bonchev–Trinajstić information content (AvgIpc) is 2.51. The molecule has 0 radical (unpaired) electrons. The summed E-state index contributed by atoms with van der Waals surface area (Å²) in [5.74, 6) is 1.74. The van der Waals surface area contributed by atoms with Crippen molar-refractivity contribution in [3.63, 3.8) is 0 Å². The van der Waals surface area contributed by atoms with Crippen LogP contribution in [0.25, 0.3) is 0 Å². The van der Waals surface area contributed by atoms with Gasteiger partial charge in [0.2, 0.25) is 0 Å². The topological polar surface area (TPSA) is 56.1 Å². The lowest BCUT2D eigenvalue weighted by Crippen LogP contribution is -2.48. The lowest BCUT2D eigenvalue weighted by Gasteiger charge is -2.36. The Morgan fingerprint density at radius 3 is 2.48 bits per heavy atom. The van der Waals surface area contributed by atoms with Crippen molar-refractivity contribution in [2.24, 2.45) is 0 Å². The van der Waals surface area contributed by atoms with Gasteiger partial charge in [-0.2, -0.15) is 5.26 Å². The number of nitriles is 1. The van der Waals surface area contributed by atoms with Crippen molar-refractivity contribution in [2.45, 2.75) is 45.2 Å². The fourth-order valence-electron chi connectivity index (χ4n) is 2.87. The fraction of sp³-hybridized carbons (Fsp3) is 0.706. The van der Waals surface area contributed by atoms with Crippen LogP contribution in [0.15, 0.2) is 5.03 Å². The molecular formula is C17H27N5S. The number of rotatable bonds is 6. The van der Waals surface area contributed by atoms with Crippen LogP contribution >= 0.6 is 11.8 Å². The smallest absolute Gasteiger partial charge is 0.126 e. The number of piperazine rings is 1. The summed E-state index contributed by atoms with van der Waals surface area (Å²) in [4.78, 5) is 13.8. The van der Waals surface area contributed by atoms with Crippen LogP contribution in [-0.4, -0.2) is 64.3 Å². The van der Waals surface area contributed by atoms with Gasteiger partial charge in [-0.15, -0.1) is 11.8 Å². The molecule has 1 aliphatic heterocycles. The summed E-state index contributed by atoms with van der Waals surface area (Å²) in [6, 6.07) is 2.89. The molecule has 0 unspecified atom stereocenters. The van der Waals surface area contributed by atoms with Crippen molar-refractivity contribution in [3.05, 3.63) is 17.1 Å². The summed E-state index contributed by atoms with van der Waals surface area (Å²) in [5.41, 5.74) is 1.42. The number of aromatic nitrogens is 2. The first-order valence-electron chi connectivity index (χ1n) is 8.35. The highest BCUT2D eigenvalue weighted by Gasteiger charge is 2.18. The second-order valence-electron chi connectivity index (χ2n) is 6.32. The monoisotopic (exact) mass is 333 g/mol. The van der Waals surface area contributed by atoms with Crippen LogP contribution in [0, 0.1) is 25.2 Å². The molecule has 2 rings (SSSR count). The van der Waals surface area contributed by atoms with Gasteiger partial charge in [-0.05, 0) is 40.7 Å². The van der Waals surface area contributed by atoms with Crippen LogP contribution in [-0.2, 0) is 0 Å². The molecule has 0 aromatic carbocycles. The Morgan fingerprint density at radius 2 is 1.87 bits per heavy atom. The van der Waals surface area contributed by atoms with Crippen LogP contribution in [0.4, 0.5) is 0 Å². The van der Waals surface area contributed by atoms with Gasteiger partial charge in [-0.1, -0.05) is 0 Å². The van der Waals surface area contributed by atoms with Crippen molar-refractivity contribution in [1.82, 2.24) is 19.8 Å². The molecule has 0 atom stereocenters. The maximum Gasteiger partial charge on any atom is 0.126 e. The van der Waals surface area contributed by atoms with E-state index in [0.29, 0.717) is 11.6 Å². The molecule has 1 saturated heterocycles. The SMILES string of the molecule is Cc1nc(C)c(C#N)c(SCCCN2CCN(C(C)C)CC2)n1. The molecule has 0 N–H and O–H groups in total. The van der Waals surface area contributed by atoms with Gasteiger partial charge in [0.05, 0.1) is 5.69 Å². The number of hydrogen-bond acceptors (Lipinski definition) is 6. The zero-order valence-corrected chi connectivity index (χ0v) is 15.5. The third-order valence-corrected chi connectivity index (χ3v) is 5.34. The zero-order valence-electron chi connectivity index (χ0n) is 14.7. The Morgan fingerprint density at radius 1 is 1.17 bits per heavy atom. The van der Waals surface area contributed by atoms with E-state index in [9.17, 15) is 5.26 Å². The molecular weight excluding hydrogens is 306 g/mol. The molecule has 23 heavy (non-hydrogen) atoms. The van der Waals surface area contributed by atoms with E-state index in [0.717, 1.165) is 48.4 Å². The second kappa shape index (κ2) is 8.62. The van der Waals surface area contributed by atoms with Gasteiger partial charge in [0.25, 0.3) is 0 Å². The van der Waals surface area contributed by atoms with E-state index < -0.39 is 0 Å². The molecule has 126 valence electrons. The second-order valence-corrected chi connectivity index (χ2v) is 7.41. The van der Waals surface area contributed by atoms with E-state index in [4.69, 9.17) is 0 Å². The first kappa shape index (κ1) is 18.2. The largest absolute Gasteiger partial charge is 0.301 e. The quantitative estimate of drug-likeness (QED) is 0.453. The predicted octanol–water partition coefficient (Wildman–Crippen LogP) is 2.47. The van der Waals surface area contributed by atoms with Crippen molar-refractivity contribution < 1.29 is 0 Å². The van der Waals surface area contributed by atoms with E-state index in [-0.39, 0.29) is 0 Å².